The number of nitrogens with one attached hydrogen (secondary N) is 1. The van der Waals surface area contributed by atoms with Gasteiger partial charge in [0.25, 0.3) is 5.91 Å². The summed E-state index contributed by atoms with van der Waals surface area (Å²) in [6.07, 6.45) is 4.52. The van der Waals surface area contributed by atoms with Crippen molar-refractivity contribution in [1.82, 2.24) is 4.90 Å². The monoisotopic (exact) mass is 390 g/mol. The van der Waals surface area contributed by atoms with Gasteiger partial charge in [-0.25, -0.2) is 0 Å². The zero-order chi connectivity index (χ0) is 17.1. The Morgan fingerprint density at radius 1 is 1.33 bits per heavy atom. The molecule has 0 saturated carbocycles. The number of hydrogen-bond acceptors (Lipinski definition) is 3. The Hall–Kier alpha value is -2.08. The first-order valence-electron chi connectivity index (χ1n) is 7.93. The SMILES string of the molecule is Cc1ccc(NC(=O)C2CCCN(C(=O)c3ccoc3)C2)c(Br)c1. The second-order valence-corrected chi connectivity index (χ2v) is 6.93. The number of halogens is 1. The minimum atomic E-state index is -0.206. The predicted molar refractivity (Wildman–Crippen MR) is 94.8 cm³/mol. The molecule has 0 bridgehead atoms. The van der Waals surface area contributed by atoms with Gasteiger partial charge in [0.1, 0.15) is 6.26 Å². The van der Waals surface area contributed by atoms with E-state index in [4.69, 9.17) is 4.42 Å². The molecule has 1 saturated heterocycles. The molecule has 1 N–H and O–H groups in total. The molecule has 6 heteroatoms. The van der Waals surface area contributed by atoms with Gasteiger partial charge < -0.3 is 14.6 Å². The molecule has 1 aromatic heterocycles. The molecule has 2 amide bonds. The summed E-state index contributed by atoms with van der Waals surface area (Å²) in [6, 6.07) is 7.45. The fraction of sp³-hybridized carbons (Fsp3) is 0.333. The van der Waals surface area contributed by atoms with Crippen LogP contribution in [-0.2, 0) is 4.79 Å². The lowest BCUT2D eigenvalue weighted by atomic mass is 9.96. The van der Waals surface area contributed by atoms with Crippen molar-refractivity contribution in [3.05, 3.63) is 52.4 Å². The van der Waals surface area contributed by atoms with Crippen molar-refractivity contribution in [2.45, 2.75) is 19.8 Å². The lowest BCUT2D eigenvalue weighted by Crippen LogP contribution is -2.43. The highest BCUT2D eigenvalue weighted by Crippen LogP contribution is 2.26. The van der Waals surface area contributed by atoms with E-state index in [2.05, 4.69) is 21.2 Å². The van der Waals surface area contributed by atoms with Gasteiger partial charge in [-0.05, 0) is 59.5 Å². The molecule has 1 aliphatic rings. The zero-order valence-electron chi connectivity index (χ0n) is 13.4. The standard InChI is InChI=1S/C18H19BrN2O3/c1-12-4-5-16(15(19)9-12)20-17(22)13-3-2-7-21(10-13)18(23)14-6-8-24-11-14/h4-6,8-9,11,13H,2-3,7,10H2,1H3,(H,20,22). The van der Waals surface area contributed by atoms with E-state index in [-0.39, 0.29) is 17.7 Å². The van der Waals surface area contributed by atoms with Crippen LogP contribution in [0.5, 0.6) is 0 Å². The number of amides is 2. The van der Waals surface area contributed by atoms with Gasteiger partial charge in [-0.3, -0.25) is 9.59 Å². The maximum atomic E-state index is 12.6. The number of aryl methyl sites for hydroxylation is 1. The maximum Gasteiger partial charge on any atom is 0.257 e. The van der Waals surface area contributed by atoms with Gasteiger partial charge in [-0.1, -0.05) is 6.07 Å². The summed E-state index contributed by atoms with van der Waals surface area (Å²) in [5.41, 5.74) is 2.40. The van der Waals surface area contributed by atoms with E-state index in [1.165, 1.54) is 12.5 Å². The number of anilines is 1. The molecule has 1 fully saturated rings. The number of rotatable bonds is 3. The third-order valence-electron chi connectivity index (χ3n) is 4.23. The van der Waals surface area contributed by atoms with Gasteiger partial charge in [0.2, 0.25) is 5.91 Å². The summed E-state index contributed by atoms with van der Waals surface area (Å²) < 4.78 is 5.83. The first kappa shape index (κ1) is 16.8. The molecule has 0 aliphatic carbocycles. The predicted octanol–water partition coefficient (Wildman–Crippen LogP) is 3.84. The lowest BCUT2D eigenvalue weighted by molar-refractivity contribution is -0.121. The van der Waals surface area contributed by atoms with E-state index in [9.17, 15) is 9.59 Å². The van der Waals surface area contributed by atoms with Crippen molar-refractivity contribution in [2.24, 2.45) is 5.92 Å². The van der Waals surface area contributed by atoms with Crippen LogP contribution >= 0.6 is 15.9 Å². The van der Waals surface area contributed by atoms with Gasteiger partial charge in [-0.15, -0.1) is 0 Å². The number of nitrogens with zero attached hydrogens (tertiary/aromatic N) is 1. The van der Waals surface area contributed by atoms with E-state index in [0.717, 1.165) is 28.6 Å². The highest BCUT2D eigenvalue weighted by atomic mass is 79.9. The zero-order valence-corrected chi connectivity index (χ0v) is 15.0. The normalized spacial score (nSPS) is 17.6. The minimum Gasteiger partial charge on any atom is -0.472 e. The topological polar surface area (TPSA) is 62.6 Å². The van der Waals surface area contributed by atoms with Gasteiger partial charge >= 0.3 is 0 Å². The molecule has 1 unspecified atom stereocenters. The summed E-state index contributed by atoms with van der Waals surface area (Å²) in [7, 11) is 0. The number of likely N-dealkylation sites (tertiary alicyclic amines) is 1. The second kappa shape index (κ2) is 7.21. The van der Waals surface area contributed by atoms with Crippen molar-refractivity contribution < 1.29 is 14.0 Å². The number of benzene rings is 1. The number of hydrogen-bond donors (Lipinski definition) is 1. The fourth-order valence-electron chi connectivity index (χ4n) is 2.90. The third-order valence-corrected chi connectivity index (χ3v) is 4.89. The molecular weight excluding hydrogens is 372 g/mol. The molecule has 5 nitrogen and oxygen atoms in total. The lowest BCUT2D eigenvalue weighted by Gasteiger charge is -2.31. The first-order chi connectivity index (χ1) is 11.5. The van der Waals surface area contributed by atoms with E-state index in [1.54, 1.807) is 11.0 Å². The summed E-state index contributed by atoms with van der Waals surface area (Å²) in [6.45, 7) is 3.10. The first-order valence-corrected chi connectivity index (χ1v) is 8.72. The summed E-state index contributed by atoms with van der Waals surface area (Å²) >= 11 is 3.47. The Morgan fingerprint density at radius 2 is 2.17 bits per heavy atom. The molecule has 126 valence electrons. The van der Waals surface area contributed by atoms with Crippen LogP contribution in [0.15, 0.2) is 45.7 Å². The van der Waals surface area contributed by atoms with Crippen LogP contribution in [0.4, 0.5) is 5.69 Å². The second-order valence-electron chi connectivity index (χ2n) is 6.07. The van der Waals surface area contributed by atoms with Crippen LogP contribution < -0.4 is 5.32 Å². The van der Waals surface area contributed by atoms with E-state index >= 15 is 0 Å². The van der Waals surface area contributed by atoms with Crippen LogP contribution in [0.2, 0.25) is 0 Å². The minimum absolute atomic E-state index is 0.0516. The Kier molecular flexibility index (Phi) is 5.04. The Labute approximate surface area is 149 Å². The highest BCUT2D eigenvalue weighted by Gasteiger charge is 2.29. The summed E-state index contributed by atoms with van der Waals surface area (Å²) in [5, 5.41) is 2.96. The Morgan fingerprint density at radius 3 is 2.88 bits per heavy atom. The number of piperidine rings is 1. The maximum absolute atomic E-state index is 12.6. The number of furan rings is 1. The third kappa shape index (κ3) is 3.70. The Balaban J connectivity index is 1.65. The molecule has 1 aromatic carbocycles. The van der Waals surface area contributed by atoms with Gasteiger partial charge in [0.15, 0.2) is 0 Å². The average Bonchev–Trinajstić information content (AvgIpc) is 3.11. The van der Waals surface area contributed by atoms with Gasteiger partial charge in [-0.2, -0.15) is 0 Å². The van der Waals surface area contributed by atoms with Crippen molar-refractivity contribution in [3.8, 4) is 0 Å². The largest absolute Gasteiger partial charge is 0.472 e. The van der Waals surface area contributed by atoms with Crippen LogP contribution in [0, 0.1) is 12.8 Å². The van der Waals surface area contributed by atoms with Gasteiger partial charge in [0.05, 0.1) is 23.4 Å². The molecule has 1 atom stereocenters. The molecule has 1 aliphatic heterocycles. The Bertz CT molecular complexity index is 743. The van der Waals surface area contributed by atoms with E-state index in [1.807, 2.05) is 25.1 Å². The van der Waals surface area contributed by atoms with Crippen LogP contribution in [0.1, 0.15) is 28.8 Å². The smallest absolute Gasteiger partial charge is 0.257 e. The number of carbonyl (C=O) groups is 2. The van der Waals surface area contributed by atoms with Crippen molar-refractivity contribution in [1.29, 1.82) is 0 Å². The average molecular weight is 391 g/mol. The van der Waals surface area contributed by atoms with E-state index < -0.39 is 0 Å². The highest BCUT2D eigenvalue weighted by molar-refractivity contribution is 9.10. The van der Waals surface area contributed by atoms with Crippen LogP contribution in [-0.4, -0.2) is 29.8 Å². The van der Waals surface area contributed by atoms with Crippen LogP contribution in [0.25, 0.3) is 0 Å². The fourth-order valence-corrected chi connectivity index (χ4v) is 3.49. The van der Waals surface area contributed by atoms with Crippen molar-refractivity contribution >= 4 is 33.4 Å². The molecule has 0 spiro atoms. The molecule has 24 heavy (non-hydrogen) atoms. The quantitative estimate of drug-likeness (QED) is 0.865. The summed E-state index contributed by atoms with van der Waals surface area (Å²) in [4.78, 5) is 26.7. The molecular formula is C18H19BrN2O3. The molecule has 2 aromatic rings. The molecule has 0 radical (unpaired) electrons. The van der Waals surface area contributed by atoms with E-state index in [0.29, 0.717) is 18.7 Å². The number of carbonyl (C=O) groups excluding carboxylic acids is 2. The molecule has 3 rings (SSSR count). The van der Waals surface area contributed by atoms with Gasteiger partial charge in [0, 0.05) is 17.6 Å². The molecule has 2 heterocycles. The van der Waals surface area contributed by atoms with Crippen molar-refractivity contribution in [3.63, 3.8) is 0 Å². The summed E-state index contributed by atoms with van der Waals surface area (Å²) in [5.74, 6) is -0.343. The van der Waals surface area contributed by atoms with Crippen molar-refractivity contribution in [2.75, 3.05) is 18.4 Å². The van der Waals surface area contributed by atoms with Crippen LogP contribution in [0.3, 0.4) is 0 Å².